The second-order valence-electron chi connectivity index (χ2n) is 9.07. The standard InChI is InChI=1S/C36H27O.2CO.ClH.Ru/c1-6-16-27(17-7-1)26-37-36-34(30-22-12-4-13-23-30)32(28-18-8-2-9-19-28)33(29-20-10-3-11-21-29)35(36)31-24-14-5-15-25-31;2*1-2;;/h1-25H,26H2;;;1H;/q;;;;+2/p-1. The number of halogens is 1. The Labute approximate surface area is 269 Å². The quantitative estimate of drug-likeness (QED) is 0.0972. The first-order valence-electron chi connectivity index (χ1n) is 13.2. The second-order valence-corrected chi connectivity index (χ2v) is 9.07. The average Bonchev–Trinajstić information content (AvgIpc) is 3.47. The maximum Gasteiger partial charge on any atom is 0.122 e. The topological polar surface area (TPSA) is 49.0 Å². The van der Waals surface area contributed by atoms with Gasteiger partial charge in [0, 0.05) is 11.8 Å². The van der Waals surface area contributed by atoms with Crippen molar-refractivity contribution in [2.45, 2.75) is 6.61 Å². The van der Waals surface area contributed by atoms with Crippen LogP contribution in [-0.4, -0.2) is 0 Å². The molecule has 5 aromatic rings. The molecule has 3 nitrogen and oxygen atoms in total. The monoisotopic (exact) mass is 668 g/mol. The van der Waals surface area contributed by atoms with Crippen LogP contribution >= 0.6 is 9.69 Å². The fourth-order valence-corrected chi connectivity index (χ4v) is 5.02. The van der Waals surface area contributed by atoms with Crippen molar-refractivity contribution in [1.29, 1.82) is 0 Å². The Kier molecular flexibility index (Phi) is 14.9. The summed E-state index contributed by atoms with van der Waals surface area (Å²) in [6.07, 6.45) is 0.916. The summed E-state index contributed by atoms with van der Waals surface area (Å²) in [6.45, 7) is 9.49. The Morgan fingerprint density at radius 3 is 0.977 bits per heavy atom. The van der Waals surface area contributed by atoms with Gasteiger partial charge in [-0.2, -0.15) is 0 Å². The number of ether oxygens (including phenoxy) is 1. The summed E-state index contributed by atoms with van der Waals surface area (Å²) < 4.78 is 21.8. The Balaban J connectivity index is 0.000000796. The van der Waals surface area contributed by atoms with E-state index in [0.29, 0.717) is 6.61 Å². The van der Waals surface area contributed by atoms with Crippen LogP contribution in [0, 0.1) is 43.1 Å². The maximum absolute atomic E-state index is 7.50. The van der Waals surface area contributed by atoms with Crippen molar-refractivity contribution in [2.75, 3.05) is 0 Å². The summed E-state index contributed by atoms with van der Waals surface area (Å²) in [5.74, 6) is 4.64. The molecule has 0 atom stereocenters. The van der Waals surface area contributed by atoms with Gasteiger partial charge in [0.15, 0.2) is 0 Å². The molecule has 0 aromatic heterocycles. The van der Waals surface area contributed by atoms with Gasteiger partial charge in [-0.25, -0.2) is 0 Å². The number of benzene rings is 5. The van der Waals surface area contributed by atoms with Crippen LogP contribution in [0.4, 0.5) is 0 Å². The molecule has 0 aliphatic heterocycles. The van der Waals surface area contributed by atoms with Crippen LogP contribution < -0.4 is 0 Å². The van der Waals surface area contributed by atoms with E-state index >= 15 is 0 Å². The zero-order chi connectivity index (χ0) is 30.9. The van der Waals surface area contributed by atoms with Gasteiger partial charge in [-0.3, -0.25) is 0 Å². The van der Waals surface area contributed by atoms with Crippen molar-refractivity contribution in [2.24, 2.45) is 0 Å². The van der Waals surface area contributed by atoms with E-state index in [2.05, 4.69) is 169 Å². The van der Waals surface area contributed by atoms with Crippen LogP contribution in [0.3, 0.4) is 0 Å². The Hall–Kier alpha value is -3.55. The molecule has 0 bridgehead atoms. The van der Waals surface area contributed by atoms with Gasteiger partial charge < -0.3 is 4.74 Å². The number of hydrogen-bond acceptors (Lipinski definition) is 1. The van der Waals surface area contributed by atoms with Crippen LogP contribution in [0.25, 0.3) is 0 Å². The van der Waals surface area contributed by atoms with Gasteiger partial charge in [-0.15, -0.1) is 0 Å². The molecule has 5 heteroatoms. The summed E-state index contributed by atoms with van der Waals surface area (Å²) in [6, 6.07) is 53.0. The van der Waals surface area contributed by atoms with Crippen molar-refractivity contribution in [3.63, 3.8) is 0 Å². The van der Waals surface area contributed by atoms with Crippen molar-refractivity contribution in [1.82, 2.24) is 0 Å². The third kappa shape index (κ3) is 8.52. The predicted molar refractivity (Wildman–Crippen MR) is 163 cm³/mol. The van der Waals surface area contributed by atoms with Gasteiger partial charge in [0.25, 0.3) is 0 Å². The van der Waals surface area contributed by atoms with E-state index < -0.39 is 0 Å². The average molecular weight is 668 g/mol. The first-order valence-corrected chi connectivity index (χ1v) is 15.4. The molecule has 0 heterocycles. The zero-order valence-corrected chi connectivity index (χ0v) is 25.6. The largest absolute Gasteiger partial charge is 0.365 e. The van der Waals surface area contributed by atoms with Gasteiger partial charge in [-0.1, -0.05) is 152 Å². The van der Waals surface area contributed by atoms with Gasteiger partial charge in [0.1, 0.15) is 6.10 Å². The van der Waals surface area contributed by atoms with Crippen molar-refractivity contribution >= 4 is 9.69 Å². The van der Waals surface area contributed by atoms with E-state index in [9.17, 15) is 0 Å². The minimum absolute atomic E-state index is 0.493. The molecule has 5 radical (unpaired) electrons. The van der Waals surface area contributed by atoms with Crippen molar-refractivity contribution in [3.05, 3.63) is 223 Å². The van der Waals surface area contributed by atoms with Crippen LogP contribution in [0.5, 0.6) is 0 Å². The molecule has 5 aromatic carbocycles. The molecule has 211 valence electrons. The Morgan fingerprint density at radius 2 is 0.674 bits per heavy atom. The van der Waals surface area contributed by atoms with E-state index in [4.69, 9.17) is 14.0 Å². The first-order chi connectivity index (χ1) is 21.4. The van der Waals surface area contributed by atoms with Gasteiger partial charge >= 0.3 is 49.6 Å². The Bertz CT molecular complexity index is 1390. The molecule has 1 fully saturated rings. The van der Waals surface area contributed by atoms with Crippen LogP contribution in [0.1, 0.15) is 27.8 Å². The fourth-order valence-electron chi connectivity index (χ4n) is 5.02. The zero-order valence-electron chi connectivity index (χ0n) is 23.1. The van der Waals surface area contributed by atoms with E-state index in [0.717, 1.165) is 34.6 Å². The third-order valence-electron chi connectivity index (χ3n) is 6.68. The van der Waals surface area contributed by atoms with Crippen LogP contribution in [0.15, 0.2) is 152 Å². The van der Waals surface area contributed by atoms with Gasteiger partial charge in [0.05, 0.1) is 18.4 Å². The SMILES string of the molecule is [C-]#[O+].[C-]#[O+].[Cl][Ru+].c1ccc(CO[C]2[C](c3ccccc3)[C](c3ccccc3)[C](c3ccccc3)[C]2c2ccccc2)cc1. The summed E-state index contributed by atoms with van der Waals surface area (Å²) in [5, 5.41) is 0. The molecule has 1 saturated carbocycles. The summed E-state index contributed by atoms with van der Waals surface area (Å²) in [5.41, 5.74) is 5.77. The molecular weight excluding hydrogens is 641 g/mol. The third-order valence-corrected chi connectivity index (χ3v) is 6.68. The molecule has 0 unspecified atom stereocenters. The molecule has 1 aliphatic carbocycles. The maximum atomic E-state index is 7.50. The molecule has 0 N–H and O–H groups in total. The minimum Gasteiger partial charge on any atom is -0.365 e. The van der Waals surface area contributed by atoms with E-state index in [1.165, 1.54) is 23.0 Å². The molecular formula is C38H27ClO3Ru+. The first kappa shape index (κ1) is 33.9. The number of hydrogen-bond donors (Lipinski definition) is 0. The Morgan fingerprint density at radius 1 is 0.419 bits per heavy atom. The number of rotatable bonds is 7. The molecule has 1 aliphatic rings. The van der Waals surface area contributed by atoms with E-state index in [1.807, 2.05) is 23.4 Å². The smallest absolute Gasteiger partial charge is 0.122 e. The second kappa shape index (κ2) is 18.9. The summed E-state index contributed by atoms with van der Waals surface area (Å²) >= 11 is 1.82. The minimum atomic E-state index is 0.493. The normalized spacial score (nSPS) is 13.8. The molecule has 0 amide bonds. The molecule has 43 heavy (non-hydrogen) atoms. The molecule has 6 rings (SSSR count). The van der Waals surface area contributed by atoms with E-state index in [-0.39, 0.29) is 0 Å². The van der Waals surface area contributed by atoms with Gasteiger partial charge in [0.2, 0.25) is 0 Å². The van der Waals surface area contributed by atoms with Crippen molar-refractivity contribution in [3.8, 4) is 0 Å². The van der Waals surface area contributed by atoms with E-state index in [1.54, 1.807) is 0 Å². The molecule has 0 spiro atoms. The van der Waals surface area contributed by atoms with Crippen LogP contribution in [0.2, 0.25) is 0 Å². The summed E-state index contributed by atoms with van der Waals surface area (Å²) in [7, 11) is 4.57. The fraction of sp³-hybridized carbons (Fsp3) is 0.0263. The van der Waals surface area contributed by atoms with Crippen LogP contribution in [-0.2, 0) is 38.0 Å². The predicted octanol–water partition coefficient (Wildman–Crippen LogP) is 8.85. The molecule has 0 saturated heterocycles. The summed E-state index contributed by atoms with van der Waals surface area (Å²) in [4.78, 5) is 0. The van der Waals surface area contributed by atoms with Crippen molar-refractivity contribution < 1.29 is 31.4 Å². The van der Waals surface area contributed by atoms with Gasteiger partial charge in [-0.05, 0) is 27.8 Å².